The molecule has 7 aromatic rings. The second-order valence-electron chi connectivity index (χ2n) is 11.5. The number of nitrogens with two attached hydrogens (primary N) is 1. The van der Waals surface area contributed by atoms with Crippen LogP contribution in [0.4, 0.5) is 5.69 Å². The van der Waals surface area contributed by atoms with Crippen LogP contribution in [0.15, 0.2) is 135 Å². The summed E-state index contributed by atoms with van der Waals surface area (Å²) in [4.78, 5) is 40.0. The number of hydrogen-bond acceptors (Lipinski definition) is 7. The number of anilines is 1. The molecule has 0 saturated heterocycles. The van der Waals surface area contributed by atoms with E-state index in [0.29, 0.717) is 17.8 Å². The smallest absolute Gasteiger partial charge is 0.185 e. The Morgan fingerprint density at radius 1 is 0.608 bits per heavy atom. The summed E-state index contributed by atoms with van der Waals surface area (Å²) in [6.45, 7) is 7.36. The lowest BCUT2D eigenvalue weighted by molar-refractivity contribution is 0.0985. The molecule has 0 saturated carbocycles. The Bertz CT molecular complexity index is 2260. The quantitative estimate of drug-likeness (QED) is 0.138. The van der Waals surface area contributed by atoms with E-state index in [1.165, 1.54) is 17.9 Å². The molecule has 2 N–H and O–H groups in total. The maximum atomic E-state index is 12.4. The Hall–Kier alpha value is -4.64. The zero-order chi connectivity index (χ0) is 36.9. The summed E-state index contributed by atoms with van der Waals surface area (Å²) in [6, 6.07) is 34.4. The molecule has 0 atom stereocenters. The third-order valence-electron chi connectivity index (χ3n) is 7.36. The number of aromatic nitrogens is 4. The maximum absolute atomic E-state index is 12.4. The van der Waals surface area contributed by atoms with Crippen molar-refractivity contribution in [3.05, 3.63) is 169 Å². The summed E-state index contributed by atoms with van der Waals surface area (Å²) in [7, 11) is 0. The molecule has 3 aromatic carbocycles. The van der Waals surface area contributed by atoms with Crippen molar-refractivity contribution in [2.24, 2.45) is 0 Å². The molecule has 0 aliphatic rings. The van der Waals surface area contributed by atoms with Gasteiger partial charge < -0.3 is 5.73 Å². The highest BCUT2D eigenvalue weighted by Crippen LogP contribution is 2.23. The fraction of sp³-hybridized carbons (Fsp3) is 0.122. The van der Waals surface area contributed by atoms with E-state index in [2.05, 4.69) is 80.7 Å². The average Bonchev–Trinajstić information content (AvgIpc) is 3.11. The van der Waals surface area contributed by atoms with Gasteiger partial charge in [0.25, 0.3) is 0 Å². The van der Waals surface area contributed by atoms with Gasteiger partial charge in [0.1, 0.15) is 11.4 Å². The van der Waals surface area contributed by atoms with Crippen molar-refractivity contribution in [2.75, 3.05) is 5.73 Å². The maximum Gasteiger partial charge on any atom is 0.185 e. The molecular formula is C41H36Br3N5O2. The minimum Gasteiger partial charge on any atom is -0.399 e. The zero-order valence-electron chi connectivity index (χ0n) is 28.6. The van der Waals surface area contributed by atoms with Crippen LogP contribution in [0.25, 0.3) is 21.8 Å². The molecule has 258 valence electrons. The number of benzene rings is 3. The minimum atomic E-state index is 0.0173. The number of Topliss-reactive ketones (excluding diaryl/α,β-unsaturated/α-hetero) is 2. The number of rotatable bonds is 4. The van der Waals surface area contributed by atoms with Gasteiger partial charge in [0.05, 0.1) is 11.0 Å². The molecule has 0 radical (unpaired) electrons. The van der Waals surface area contributed by atoms with Crippen LogP contribution in [-0.4, -0.2) is 31.5 Å². The van der Waals surface area contributed by atoms with E-state index in [4.69, 9.17) is 5.73 Å². The van der Waals surface area contributed by atoms with E-state index in [9.17, 15) is 9.59 Å². The van der Waals surface area contributed by atoms with Gasteiger partial charge in [-0.25, -0.2) is 0 Å². The number of halogens is 3. The monoisotopic (exact) mass is 867 g/mol. The van der Waals surface area contributed by atoms with Crippen molar-refractivity contribution in [2.45, 2.75) is 34.1 Å². The van der Waals surface area contributed by atoms with Crippen molar-refractivity contribution in [1.29, 1.82) is 0 Å². The SMILES string of the molecule is CC(=O)c1cccc(C)n1.Cc1cccc(C(=O)Cc2ccnc3ccc(Br)cc23)n1.Cc1ccnc2ccc(Br)cc12.Nc1ccc(Br)cc1. The Balaban J connectivity index is 0.000000165. The van der Waals surface area contributed by atoms with Crippen molar-refractivity contribution in [3.63, 3.8) is 0 Å². The van der Waals surface area contributed by atoms with Crippen molar-refractivity contribution < 1.29 is 9.59 Å². The normalized spacial score (nSPS) is 10.2. The van der Waals surface area contributed by atoms with Crippen LogP contribution >= 0.6 is 47.8 Å². The lowest BCUT2D eigenvalue weighted by Gasteiger charge is -2.06. The first kappa shape index (κ1) is 39.2. The molecule has 0 fully saturated rings. The Morgan fingerprint density at radius 3 is 1.67 bits per heavy atom. The molecule has 0 bridgehead atoms. The summed E-state index contributed by atoms with van der Waals surface area (Å²) >= 11 is 10.2. The van der Waals surface area contributed by atoms with Crippen LogP contribution in [0, 0.1) is 20.8 Å². The van der Waals surface area contributed by atoms with Crippen LogP contribution in [0.2, 0.25) is 0 Å². The molecule has 4 heterocycles. The number of hydrogen-bond donors (Lipinski definition) is 1. The second kappa shape index (κ2) is 19.1. The van der Waals surface area contributed by atoms with Gasteiger partial charge in [-0.15, -0.1) is 0 Å². The topological polar surface area (TPSA) is 112 Å². The first-order valence-electron chi connectivity index (χ1n) is 15.9. The van der Waals surface area contributed by atoms with Crippen LogP contribution in [0.1, 0.15) is 50.4 Å². The first-order chi connectivity index (χ1) is 24.4. The van der Waals surface area contributed by atoms with Crippen LogP contribution in [0.3, 0.4) is 0 Å². The highest BCUT2D eigenvalue weighted by Gasteiger charge is 2.11. The molecule has 51 heavy (non-hydrogen) atoms. The van der Waals surface area contributed by atoms with E-state index >= 15 is 0 Å². The van der Waals surface area contributed by atoms with Crippen molar-refractivity contribution in [3.8, 4) is 0 Å². The first-order valence-corrected chi connectivity index (χ1v) is 18.2. The third-order valence-corrected chi connectivity index (χ3v) is 8.87. The molecule has 7 rings (SSSR count). The van der Waals surface area contributed by atoms with Gasteiger partial charge in [-0.1, -0.05) is 59.9 Å². The van der Waals surface area contributed by atoms with Gasteiger partial charge in [0.15, 0.2) is 11.6 Å². The molecular weight excluding hydrogens is 834 g/mol. The molecule has 0 unspecified atom stereocenters. The summed E-state index contributed by atoms with van der Waals surface area (Å²) in [5.41, 5.74) is 13.2. The van der Waals surface area contributed by atoms with Crippen LogP contribution in [0.5, 0.6) is 0 Å². The largest absolute Gasteiger partial charge is 0.399 e. The molecule has 0 spiro atoms. The number of nitrogens with zero attached hydrogens (tertiary/aromatic N) is 4. The van der Waals surface area contributed by atoms with Gasteiger partial charge in [0, 0.05) is 67.0 Å². The fourth-order valence-electron chi connectivity index (χ4n) is 4.75. The van der Waals surface area contributed by atoms with E-state index < -0.39 is 0 Å². The number of pyridine rings is 4. The fourth-order valence-corrected chi connectivity index (χ4v) is 5.74. The highest BCUT2D eigenvalue weighted by molar-refractivity contribution is 9.11. The summed E-state index contributed by atoms with van der Waals surface area (Å²) in [6.07, 6.45) is 3.90. The molecule has 0 aliphatic carbocycles. The Labute approximate surface area is 323 Å². The molecule has 0 amide bonds. The molecule has 4 aromatic heterocycles. The lowest BCUT2D eigenvalue weighted by atomic mass is 10.0. The zero-order valence-corrected chi connectivity index (χ0v) is 33.3. The summed E-state index contributed by atoms with van der Waals surface area (Å²) < 4.78 is 3.14. The molecule has 10 heteroatoms. The van der Waals surface area contributed by atoms with Crippen molar-refractivity contribution >= 4 is 86.8 Å². The number of aryl methyl sites for hydroxylation is 3. The number of carbonyl (C=O) groups is 2. The predicted octanol–water partition coefficient (Wildman–Crippen LogP) is 11.1. The highest BCUT2D eigenvalue weighted by atomic mass is 79.9. The summed E-state index contributed by atoms with van der Waals surface area (Å²) in [5.74, 6) is 0.0369. The number of fused-ring (bicyclic) bond motifs is 2. The predicted molar refractivity (Wildman–Crippen MR) is 218 cm³/mol. The van der Waals surface area contributed by atoms with Gasteiger partial charge in [-0.2, -0.15) is 0 Å². The van der Waals surface area contributed by atoms with Gasteiger partial charge in [-0.3, -0.25) is 29.5 Å². The summed E-state index contributed by atoms with van der Waals surface area (Å²) in [5, 5.41) is 2.21. The lowest BCUT2D eigenvalue weighted by Crippen LogP contribution is -2.07. The molecule has 0 aliphatic heterocycles. The number of nitrogen functional groups attached to an aromatic ring is 1. The number of ketones is 2. The van der Waals surface area contributed by atoms with Gasteiger partial charge in [0.2, 0.25) is 0 Å². The van der Waals surface area contributed by atoms with E-state index in [1.807, 2.05) is 111 Å². The Morgan fingerprint density at radius 2 is 1.12 bits per heavy atom. The third kappa shape index (κ3) is 12.3. The Kier molecular flexibility index (Phi) is 14.7. The number of carbonyl (C=O) groups excluding carboxylic acids is 2. The standard InChI is InChI=1S/C17H13BrN2O.C10H8BrN.C8H9NO.C6H6BrN/c1-11-3-2-4-16(20-11)17(21)9-12-7-8-19-15-6-5-13(18)10-14(12)15;1-7-4-5-12-10-3-2-8(11)6-9(7)10;1-6-4-3-5-8(9-6)7(2)10;7-5-1-3-6(8)4-2-5/h2-8,10H,9H2,1H3;2-6H,1H3;3-5H,1-2H3;1-4H,8H2. The average molecular weight is 870 g/mol. The minimum absolute atomic E-state index is 0.0173. The van der Waals surface area contributed by atoms with E-state index in [0.717, 1.165) is 52.5 Å². The molecule has 7 nitrogen and oxygen atoms in total. The second-order valence-corrected chi connectivity index (χ2v) is 14.2. The van der Waals surface area contributed by atoms with Crippen LogP contribution < -0.4 is 5.73 Å². The van der Waals surface area contributed by atoms with E-state index in [-0.39, 0.29) is 11.6 Å². The van der Waals surface area contributed by atoms with E-state index in [1.54, 1.807) is 18.3 Å². The van der Waals surface area contributed by atoms with Crippen molar-refractivity contribution in [1.82, 2.24) is 19.9 Å². The van der Waals surface area contributed by atoms with Crippen LogP contribution in [-0.2, 0) is 6.42 Å². The van der Waals surface area contributed by atoms with Gasteiger partial charge in [-0.05, 0) is 129 Å². The van der Waals surface area contributed by atoms with Gasteiger partial charge >= 0.3 is 0 Å².